The van der Waals surface area contributed by atoms with Crippen LogP contribution in [0.3, 0.4) is 0 Å². The summed E-state index contributed by atoms with van der Waals surface area (Å²) in [6.45, 7) is 3.07. The van der Waals surface area contributed by atoms with Gasteiger partial charge in [0.2, 0.25) is 0 Å². The van der Waals surface area contributed by atoms with Crippen molar-refractivity contribution in [1.29, 1.82) is 0 Å². The zero-order valence-electron chi connectivity index (χ0n) is 12.2. The highest BCUT2D eigenvalue weighted by Crippen LogP contribution is 2.61. The standard InChI is InChI=1S/C17H29NO/c19-12-16-2-1-4-18(16)5-3-17-9-13-6-14(10-17)8-15(7-13)11-17/h13-16,19H,1-12H2/p+1/t13?,14?,15?,16-,17?/m0/s1. The fourth-order valence-corrected chi connectivity index (χ4v) is 6.56. The summed E-state index contributed by atoms with van der Waals surface area (Å²) in [5.41, 5.74) is 0.740. The van der Waals surface area contributed by atoms with Crippen LogP contribution in [0, 0.1) is 23.2 Å². The van der Waals surface area contributed by atoms with E-state index in [1.807, 2.05) is 0 Å². The minimum absolute atomic E-state index is 0.413. The molecule has 108 valence electrons. The lowest BCUT2D eigenvalue weighted by Gasteiger charge is -2.57. The molecular weight excluding hydrogens is 234 g/mol. The fraction of sp³-hybridized carbons (Fsp3) is 1.00. The third-order valence-electron chi connectivity index (χ3n) is 6.99. The van der Waals surface area contributed by atoms with Gasteiger partial charge < -0.3 is 10.0 Å². The van der Waals surface area contributed by atoms with Crippen LogP contribution in [-0.2, 0) is 0 Å². The predicted molar refractivity (Wildman–Crippen MR) is 76.0 cm³/mol. The Bertz CT molecular complexity index is 305. The van der Waals surface area contributed by atoms with E-state index in [9.17, 15) is 5.11 Å². The predicted octanol–water partition coefficient (Wildman–Crippen LogP) is 1.63. The Morgan fingerprint density at radius 2 is 1.63 bits per heavy atom. The molecule has 2 heteroatoms. The number of rotatable bonds is 4. The first kappa shape index (κ1) is 12.6. The molecule has 4 aliphatic carbocycles. The van der Waals surface area contributed by atoms with E-state index in [0.29, 0.717) is 12.6 Å². The molecule has 1 heterocycles. The molecule has 2 nitrogen and oxygen atoms in total. The summed E-state index contributed by atoms with van der Waals surface area (Å²) in [4.78, 5) is 1.72. The molecular formula is C17H30NO+. The maximum absolute atomic E-state index is 9.48. The number of quaternary nitrogens is 1. The highest BCUT2D eigenvalue weighted by molar-refractivity contribution is 5.01. The molecule has 0 amide bonds. The van der Waals surface area contributed by atoms with E-state index in [4.69, 9.17) is 0 Å². The normalized spacial score (nSPS) is 51.9. The molecule has 19 heavy (non-hydrogen) atoms. The average molecular weight is 264 g/mol. The Morgan fingerprint density at radius 3 is 2.21 bits per heavy atom. The third kappa shape index (κ3) is 2.25. The van der Waals surface area contributed by atoms with Gasteiger partial charge in [0, 0.05) is 19.3 Å². The van der Waals surface area contributed by atoms with Gasteiger partial charge in [-0.05, 0) is 61.7 Å². The zero-order chi connectivity index (χ0) is 12.9. The maximum atomic E-state index is 9.48. The number of aliphatic hydroxyl groups is 1. The summed E-state index contributed by atoms with van der Waals surface area (Å²) >= 11 is 0. The molecule has 0 aromatic heterocycles. The number of hydrogen-bond donors (Lipinski definition) is 2. The second kappa shape index (κ2) is 4.73. The molecule has 1 aliphatic heterocycles. The topological polar surface area (TPSA) is 24.7 Å². The van der Waals surface area contributed by atoms with Gasteiger partial charge in [-0.1, -0.05) is 0 Å². The van der Waals surface area contributed by atoms with Gasteiger partial charge in [0.25, 0.3) is 0 Å². The second-order valence-electron chi connectivity index (χ2n) is 8.35. The van der Waals surface area contributed by atoms with Crippen LogP contribution in [0.1, 0.15) is 57.8 Å². The van der Waals surface area contributed by atoms with Gasteiger partial charge in [-0.3, -0.25) is 0 Å². The summed E-state index contributed by atoms with van der Waals surface area (Å²) in [6, 6.07) is 0.564. The summed E-state index contributed by atoms with van der Waals surface area (Å²) in [6.07, 6.45) is 13.4. The first-order valence-corrected chi connectivity index (χ1v) is 8.72. The highest BCUT2D eigenvalue weighted by Gasteiger charge is 2.51. The van der Waals surface area contributed by atoms with Gasteiger partial charge in [-0.25, -0.2) is 0 Å². The average Bonchev–Trinajstić information content (AvgIpc) is 2.82. The molecule has 5 fully saturated rings. The lowest BCUT2D eigenvalue weighted by atomic mass is 9.49. The molecule has 5 aliphatic rings. The van der Waals surface area contributed by atoms with Crippen molar-refractivity contribution in [1.82, 2.24) is 0 Å². The van der Waals surface area contributed by atoms with E-state index in [0.717, 1.165) is 23.2 Å². The van der Waals surface area contributed by atoms with Crippen LogP contribution >= 0.6 is 0 Å². The van der Waals surface area contributed by atoms with E-state index < -0.39 is 0 Å². The molecule has 5 rings (SSSR count). The van der Waals surface area contributed by atoms with Crippen molar-refractivity contribution in [3.63, 3.8) is 0 Å². The van der Waals surface area contributed by atoms with Gasteiger partial charge in [0.1, 0.15) is 6.04 Å². The van der Waals surface area contributed by atoms with Crippen LogP contribution in [0.25, 0.3) is 0 Å². The zero-order valence-corrected chi connectivity index (χ0v) is 12.2. The minimum atomic E-state index is 0.413. The Labute approximate surface area is 117 Å². The van der Waals surface area contributed by atoms with Crippen molar-refractivity contribution in [3.05, 3.63) is 0 Å². The SMILES string of the molecule is OC[C@@H]1CCC[NH+]1CCC12CC3CC(CC(C3)C1)C2. The van der Waals surface area contributed by atoms with Gasteiger partial charge in [-0.15, -0.1) is 0 Å². The minimum Gasteiger partial charge on any atom is -0.390 e. The molecule has 1 unspecified atom stereocenters. The number of hydrogen-bond acceptors (Lipinski definition) is 1. The van der Waals surface area contributed by atoms with E-state index in [1.54, 1.807) is 43.4 Å². The van der Waals surface area contributed by atoms with Crippen molar-refractivity contribution >= 4 is 0 Å². The van der Waals surface area contributed by atoms with Crippen LogP contribution in [0.5, 0.6) is 0 Å². The molecule has 0 spiro atoms. The third-order valence-corrected chi connectivity index (χ3v) is 6.99. The van der Waals surface area contributed by atoms with Gasteiger partial charge >= 0.3 is 0 Å². The van der Waals surface area contributed by atoms with Crippen LogP contribution in [0.2, 0.25) is 0 Å². The van der Waals surface area contributed by atoms with Gasteiger partial charge in [0.15, 0.2) is 0 Å². The molecule has 2 N–H and O–H groups in total. The van der Waals surface area contributed by atoms with Crippen molar-refractivity contribution in [2.75, 3.05) is 19.7 Å². The summed E-state index contributed by atoms with van der Waals surface area (Å²) in [5, 5.41) is 9.48. The van der Waals surface area contributed by atoms with Gasteiger partial charge in [0.05, 0.1) is 19.7 Å². The quantitative estimate of drug-likeness (QED) is 0.792. The molecule has 2 atom stereocenters. The van der Waals surface area contributed by atoms with Crippen molar-refractivity contribution in [2.24, 2.45) is 23.2 Å². The second-order valence-corrected chi connectivity index (χ2v) is 8.35. The van der Waals surface area contributed by atoms with E-state index in [2.05, 4.69) is 0 Å². The van der Waals surface area contributed by atoms with Crippen LogP contribution in [-0.4, -0.2) is 30.8 Å². The van der Waals surface area contributed by atoms with Crippen LogP contribution < -0.4 is 4.90 Å². The molecule has 0 aromatic carbocycles. The Morgan fingerprint density at radius 1 is 1.00 bits per heavy atom. The Hall–Kier alpha value is -0.0800. The van der Waals surface area contributed by atoms with Crippen molar-refractivity contribution in [3.8, 4) is 0 Å². The first-order chi connectivity index (χ1) is 9.26. The lowest BCUT2D eigenvalue weighted by Crippen LogP contribution is -3.14. The number of aliphatic hydroxyl groups excluding tert-OH is 1. The van der Waals surface area contributed by atoms with E-state index >= 15 is 0 Å². The lowest BCUT2D eigenvalue weighted by molar-refractivity contribution is -0.913. The van der Waals surface area contributed by atoms with Crippen LogP contribution in [0.15, 0.2) is 0 Å². The largest absolute Gasteiger partial charge is 0.390 e. The van der Waals surface area contributed by atoms with Gasteiger partial charge in [-0.2, -0.15) is 0 Å². The molecule has 0 aromatic rings. The molecule has 1 saturated heterocycles. The smallest absolute Gasteiger partial charge is 0.111 e. The molecule has 0 radical (unpaired) electrons. The van der Waals surface area contributed by atoms with Crippen LogP contribution in [0.4, 0.5) is 0 Å². The van der Waals surface area contributed by atoms with Crippen molar-refractivity contribution in [2.45, 2.75) is 63.8 Å². The summed E-state index contributed by atoms with van der Waals surface area (Å²) in [5.74, 6) is 3.27. The molecule has 4 saturated carbocycles. The Kier molecular flexibility index (Phi) is 3.15. The summed E-state index contributed by atoms with van der Waals surface area (Å²) in [7, 11) is 0. The number of nitrogens with one attached hydrogen (secondary N) is 1. The van der Waals surface area contributed by atoms with E-state index in [-0.39, 0.29) is 0 Å². The summed E-state index contributed by atoms with van der Waals surface area (Å²) < 4.78 is 0. The van der Waals surface area contributed by atoms with Crippen molar-refractivity contribution < 1.29 is 10.0 Å². The fourth-order valence-electron chi connectivity index (χ4n) is 6.56. The highest BCUT2D eigenvalue weighted by atomic mass is 16.3. The van der Waals surface area contributed by atoms with E-state index in [1.165, 1.54) is 32.4 Å². The first-order valence-electron chi connectivity index (χ1n) is 8.72. The molecule has 4 bridgehead atoms. The Balaban J connectivity index is 1.40. The number of likely N-dealkylation sites (tertiary alicyclic amines) is 1. The monoisotopic (exact) mass is 264 g/mol. The maximum Gasteiger partial charge on any atom is 0.111 e.